The van der Waals surface area contributed by atoms with Gasteiger partial charge in [0.1, 0.15) is 0 Å². The lowest BCUT2D eigenvalue weighted by Crippen LogP contribution is -2.25. The molecule has 25 heavy (non-hydrogen) atoms. The zero-order valence-electron chi connectivity index (χ0n) is 14.4. The van der Waals surface area contributed by atoms with Gasteiger partial charge in [0, 0.05) is 31.6 Å². The van der Waals surface area contributed by atoms with Crippen LogP contribution in [-0.2, 0) is 17.8 Å². The number of rotatable bonds is 8. The van der Waals surface area contributed by atoms with E-state index in [1.54, 1.807) is 18.4 Å². The fourth-order valence-corrected chi connectivity index (χ4v) is 2.53. The first kappa shape index (κ1) is 16.9. The highest BCUT2D eigenvalue weighted by Gasteiger charge is 2.12. The predicted octanol–water partition coefficient (Wildman–Crippen LogP) is 2.28. The second kappa shape index (κ2) is 7.78. The summed E-state index contributed by atoms with van der Waals surface area (Å²) in [5, 5.41) is 11.1. The van der Waals surface area contributed by atoms with Crippen LogP contribution in [0.2, 0.25) is 0 Å². The maximum absolute atomic E-state index is 11.9. The first-order chi connectivity index (χ1) is 12.1. The van der Waals surface area contributed by atoms with Gasteiger partial charge in [0.2, 0.25) is 17.6 Å². The molecule has 0 fully saturated rings. The van der Waals surface area contributed by atoms with Crippen LogP contribution in [0.25, 0.3) is 11.6 Å². The molecule has 0 aliphatic heterocycles. The van der Waals surface area contributed by atoms with E-state index in [9.17, 15) is 4.79 Å². The van der Waals surface area contributed by atoms with Crippen molar-refractivity contribution < 1.29 is 13.7 Å². The van der Waals surface area contributed by atoms with Crippen LogP contribution in [0.4, 0.5) is 0 Å². The first-order valence-corrected chi connectivity index (χ1v) is 8.26. The van der Waals surface area contributed by atoms with Crippen molar-refractivity contribution in [2.75, 3.05) is 6.54 Å². The second-order valence-electron chi connectivity index (χ2n) is 5.84. The van der Waals surface area contributed by atoms with E-state index in [0.29, 0.717) is 36.9 Å². The van der Waals surface area contributed by atoms with Crippen LogP contribution in [0.3, 0.4) is 0 Å². The Morgan fingerprint density at radius 2 is 2.24 bits per heavy atom. The Morgan fingerprint density at radius 3 is 2.96 bits per heavy atom. The van der Waals surface area contributed by atoms with Gasteiger partial charge in [0.15, 0.2) is 5.76 Å². The zero-order chi connectivity index (χ0) is 17.6. The van der Waals surface area contributed by atoms with E-state index in [2.05, 4.69) is 20.6 Å². The summed E-state index contributed by atoms with van der Waals surface area (Å²) in [6.07, 6.45) is 3.08. The smallest absolute Gasteiger partial charge is 0.238 e. The van der Waals surface area contributed by atoms with Crippen LogP contribution in [-0.4, -0.2) is 32.4 Å². The third kappa shape index (κ3) is 4.56. The molecule has 0 unspecified atom stereocenters. The maximum Gasteiger partial charge on any atom is 0.238 e. The quantitative estimate of drug-likeness (QED) is 0.630. The highest BCUT2D eigenvalue weighted by Crippen LogP contribution is 2.16. The lowest BCUT2D eigenvalue weighted by atomic mass is 10.3. The Morgan fingerprint density at radius 1 is 1.36 bits per heavy atom. The topological polar surface area (TPSA) is 99.0 Å². The van der Waals surface area contributed by atoms with E-state index in [4.69, 9.17) is 8.94 Å². The monoisotopic (exact) mass is 343 g/mol. The van der Waals surface area contributed by atoms with Gasteiger partial charge in [-0.15, -0.1) is 0 Å². The molecule has 3 rings (SSSR count). The SMILES string of the molecule is Cc1cc(C)n(CCCNC(=O)CCc2nc(-c3ccco3)no2)n1. The predicted molar refractivity (Wildman–Crippen MR) is 89.6 cm³/mol. The number of nitrogens with zero attached hydrogens (tertiary/aromatic N) is 4. The van der Waals surface area contributed by atoms with E-state index in [1.165, 1.54) is 0 Å². The molecule has 1 amide bonds. The van der Waals surface area contributed by atoms with Crippen molar-refractivity contribution >= 4 is 5.91 Å². The molecule has 0 radical (unpaired) electrons. The van der Waals surface area contributed by atoms with Crippen LogP contribution in [0.5, 0.6) is 0 Å². The number of aryl methyl sites for hydroxylation is 4. The average Bonchev–Trinajstić information content (AvgIpc) is 3.31. The number of carbonyl (C=O) groups excluding carboxylic acids is 1. The molecule has 0 aliphatic rings. The van der Waals surface area contributed by atoms with Gasteiger partial charge in [-0.05, 0) is 38.5 Å². The zero-order valence-corrected chi connectivity index (χ0v) is 14.4. The van der Waals surface area contributed by atoms with Gasteiger partial charge in [-0.3, -0.25) is 9.48 Å². The number of nitrogens with one attached hydrogen (secondary N) is 1. The number of aromatic nitrogens is 4. The van der Waals surface area contributed by atoms with Gasteiger partial charge in [0.25, 0.3) is 0 Å². The number of carbonyl (C=O) groups is 1. The van der Waals surface area contributed by atoms with Gasteiger partial charge in [-0.2, -0.15) is 10.1 Å². The van der Waals surface area contributed by atoms with Gasteiger partial charge in [0.05, 0.1) is 12.0 Å². The van der Waals surface area contributed by atoms with Crippen molar-refractivity contribution in [2.45, 2.75) is 39.7 Å². The minimum absolute atomic E-state index is 0.0360. The fourth-order valence-electron chi connectivity index (χ4n) is 2.53. The van der Waals surface area contributed by atoms with Gasteiger partial charge >= 0.3 is 0 Å². The minimum atomic E-state index is -0.0360. The summed E-state index contributed by atoms with van der Waals surface area (Å²) < 4.78 is 12.3. The van der Waals surface area contributed by atoms with E-state index in [1.807, 2.05) is 24.6 Å². The van der Waals surface area contributed by atoms with Gasteiger partial charge < -0.3 is 14.3 Å². The molecule has 0 aliphatic carbocycles. The average molecular weight is 343 g/mol. The summed E-state index contributed by atoms with van der Waals surface area (Å²) in [4.78, 5) is 16.1. The van der Waals surface area contributed by atoms with Crippen LogP contribution >= 0.6 is 0 Å². The molecule has 0 bridgehead atoms. The minimum Gasteiger partial charge on any atom is -0.461 e. The third-order valence-electron chi connectivity index (χ3n) is 3.75. The highest BCUT2D eigenvalue weighted by atomic mass is 16.5. The number of hydrogen-bond donors (Lipinski definition) is 1. The molecule has 0 aromatic carbocycles. The molecular weight excluding hydrogens is 322 g/mol. The fraction of sp³-hybridized carbons (Fsp3) is 0.412. The summed E-state index contributed by atoms with van der Waals surface area (Å²) in [7, 11) is 0. The van der Waals surface area contributed by atoms with Crippen molar-refractivity contribution in [1.82, 2.24) is 25.2 Å². The molecule has 132 valence electrons. The summed E-state index contributed by atoms with van der Waals surface area (Å²) in [5.41, 5.74) is 2.14. The van der Waals surface area contributed by atoms with Crippen LogP contribution < -0.4 is 5.32 Å². The van der Waals surface area contributed by atoms with Gasteiger partial charge in [-0.25, -0.2) is 0 Å². The van der Waals surface area contributed by atoms with E-state index < -0.39 is 0 Å². The molecule has 8 nitrogen and oxygen atoms in total. The highest BCUT2D eigenvalue weighted by molar-refractivity contribution is 5.75. The lowest BCUT2D eigenvalue weighted by Gasteiger charge is -2.06. The summed E-state index contributed by atoms with van der Waals surface area (Å²) in [6.45, 7) is 5.40. The maximum atomic E-state index is 11.9. The Kier molecular flexibility index (Phi) is 5.27. The molecule has 0 saturated heterocycles. The second-order valence-corrected chi connectivity index (χ2v) is 5.84. The Balaban J connectivity index is 1.36. The first-order valence-electron chi connectivity index (χ1n) is 8.26. The molecule has 3 heterocycles. The van der Waals surface area contributed by atoms with Crippen molar-refractivity contribution in [1.29, 1.82) is 0 Å². The van der Waals surface area contributed by atoms with Crippen molar-refractivity contribution in [3.05, 3.63) is 41.7 Å². The molecule has 0 atom stereocenters. The van der Waals surface area contributed by atoms with E-state index in [0.717, 1.165) is 24.4 Å². The van der Waals surface area contributed by atoms with Crippen LogP contribution in [0.15, 0.2) is 33.4 Å². The molecule has 0 spiro atoms. The summed E-state index contributed by atoms with van der Waals surface area (Å²) in [5.74, 6) is 1.32. The van der Waals surface area contributed by atoms with Crippen molar-refractivity contribution in [2.24, 2.45) is 0 Å². The molecule has 3 aromatic rings. The number of furan rings is 1. The lowest BCUT2D eigenvalue weighted by molar-refractivity contribution is -0.121. The molecule has 1 N–H and O–H groups in total. The summed E-state index contributed by atoms with van der Waals surface area (Å²) >= 11 is 0. The summed E-state index contributed by atoms with van der Waals surface area (Å²) in [6, 6.07) is 5.55. The van der Waals surface area contributed by atoms with E-state index >= 15 is 0 Å². The number of amides is 1. The van der Waals surface area contributed by atoms with E-state index in [-0.39, 0.29) is 5.91 Å². The molecule has 3 aromatic heterocycles. The Labute approximate surface area is 145 Å². The van der Waals surface area contributed by atoms with Crippen LogP contribution in [0.1, 0.15) is 30.1 Å². The third-order valence-corrected chi connectivity index (χ3v) is 3.75. The van der Waals surface area contributed by atoms with Gasteiger partial charge in [-0.1, -0.05) is 5.16 Å². The Bertz CT molecular complexity index is 819. The molecule has 8 heteroatoms. The van der Waals surface area contributed by atoms with Crippen LogP contribution in [0, 0.1) is 13.8 Å². The Hall–Kier alpha value is -2.90. The normalized spacial score (nSPS) is 11.0. The van der Waals surface area contributed by atoms with Crippen molar-refractivity contribution in [3.63, 3.8) is 0 Å². The standard InChI is InChI=1S/C17H21N5O3/c1-12-11-13(2)22(20-12)9-4-8-18-15(23)6-7-16-19-17(21-25-16)14-5-3-10-24-14/h3,5,10-11H,4,6-9H2,1-2H3,(H,18,23). The van der Waals surface area contributed by atoms with Crippen molar-refractivity contribution in [3.8, 4) is 11.6 Å². The molecule has 0 saturated carbocycles. The molecular formula is C17H21N5O3. The number of hydrogen-bond acceptors (Lipinski definition) is 6. The largest absolute Gasteiger partial charge is 0.461 e.